The summed E-state index contributed by atoms with van der Waals surface area (Å²) in [5, 5.41) is 13.0. The molecule has 0 saturated carbocycles. The van der Waals surface area contributed by atoms with Crippen molar-refractivity contribution >= 4 is 23.3 Å². The molecule has 1 fully saturated rings. The number of nitro benzene ring substituents is 1. The third-order valence-electron chi connectivity index (χ3n) is 3.33. The molecule has 1 N–H and O–H groups in total. The topological polar surface area (TPSA) is 108 Å². The van der Waals surface area contributed by atoms with Gasteiger partial charge in [0.1, 0.15) is 5.69 Å². The Bertz CT molecular complexity index is 686. The first kappa shape index (κ1) is 18.6. The SMILES string of the molecule is O=C(COC(=O)[C@H]1CCCO1)Nc1ccc(C(F)(F)F)cc1[N+](=O)[O-]. The van der Waals surface area contributed by atoms with E-state index in [-0.39, 0.29) is 0 Å². The molecule has 1 atom stereocenters. The number of alkyl halides is 3. The Labute approximate surface area is 139 Å². The highest BCUT2D eigenvalue weighted by atomic mass is 19.4. The fourth-order valence-corrected chi connectivity index (χ4v) is 2.14. The lowest BCUT2D eigenvalue weighted by molar-refractivity contribution is -0.384. The molecular formula is C14H13F3N2O6. The van der Waals surface area contributed by atoms with Crippen molar-refractivity contribution in [3.8, 4) is 0 Å². The molecule has 0 unspecified atom stereocenters. The van der Waals surface area contributed by atoms with Gasteiger partial charge < -0.3 is 14.8 Å². The van der Waals surface area contributed by atoms with E-state index in [0.717, 1.165) is 6.07 Å². The number of ether oxygens (including phenoxy) is 2. The van der Waals surface area contributed by atoms with Crippen LogP contribution in [0.1, 0.15) is 18.4 Å². The minimum atomic E-state index is -4.76. The minimum Gasteiger partial charge on any atom is -0.454 e. The first-order valence-electron chi connectivity index (χ1n) is 7.12. The number of anilines is 1. The molecule has 1 aromatic rings. The first-order valence-corrected chi connectivity index (χ1v) is 7.12. The molecule has 0 aromatic heterocycles. The number of nitro groups is 1. The standard InChI is InChI=1S/C14H13F3N2O6/c15-14(16,17)8-3-4-9(10(6-8)19(22)23)18-12(20)7-25-13(21)11-2-1-5-24-11/h3-4,6,11H,1-2,5,7H2,(H,18,20)/t11-/m1/s1. The normalized spacial score (nSPS) is 17.2. The van der Waals surface area contributed by atoms with Gasteiger partial charge in [-0.2, -0.15) is 13.2 Å². The van der Waals surface area contributed by atoms with Crippen molar-refractivity contribution in [3.05, 3.63) is 33.9 Å². The summed E-state index contributed by atoms with van der Waals surface area (Å²) >= 11 is 0. The Kier molecular flexibility index (Phi) is 5.57. The largest absolute Gasteiger partial charge is 0.454 e. The predicted molar refractivity (Wildman–Crippen MR) is 76.7 cm³/mol. The van der Waals surface area contributed by atoms with E-state index in [1.165, 1.54) is 0 Å². The number of nitrogens with one attached hydrogen (secondary N) is 1. The molecule has 25 heavy (non-hydrogen) atoms. The highest BCUT2D eigenvalue weighted by Gasteiger charge is 2.33. The molecule has 1 aliphatic heterocycles. The molecular weight excluding hydrogens is 349 g/mol. The van der Waals surface area contributed by atoms with Crippen LogP contribution in [0.25, 0.3) is 0 Å². The molecule has 0 spiro atoms. The van der Waals surface area contributed by atoms with Crippen molar-refractivity contribution < 1.29 is 37.2 Å². The van der Waals surface area contributed by atoms with E-state index in [4.69, 9.17) is 9.47 Å². The van der Waals surface area contributed by atoms with Crippen molar-refractivity contribution in [1.82, 2.24) is 0 Å². The zero-order chi connectivity index (χ0) is 18.6. The lowest BCUT2D eigenvalue weighted by Crippen LogP contribution is -2.27. The maximum Gasteiger partial charge on any atom is 0.416 e. The Morgan fingerprint density at radius 2 is 2.12 bits per heavy atom. The van der Waals surface area contributed by atoms with Crippen LogP contribution in [0.5, 0.6) is 0 Å². The monoisotopic (exact) mass is 362 g/mol. The number of benzene rings is 1. The molecule has 1 heterocycles. The van der Waals surface area contributed by atoms with E-state index >= 15 is 0 Å². The maximum absolute atomic E-state index is 12.6. The van der Waals surface area contributed by atoms with E-state index < -0.39 is 52.6 Å². The van der Waals surface area contributed by atoms with Crippen LogP contribution in [-0.2, 0) is 25.2 Å². The Morgan fingerprint density at radius 1 is 1.40 bits per heavy atom. The van der Waals surface area contributed by atoms with Crippen molar-refractivity contribution in [3.63, 3.8) is 0 Å². The van der Waals surface area contributed by atoms with Gasteiger partial charge in [-0.15, -0.1) is 0 Å². The second kappa shape index (κ2) is 7.47. The van der Waals surface area contributed by atoms with Gasteiger partial charge in [0, 0.05) is 12.7 Å². The average molecular weight is 362 g/mol. The van der Waals surface area contributed by atoms with E-state index in [0.29, 0.717) is 31.6 Å². The Morgan fingerprint density at radius 3 is 2.68 bits per heavy atom. The van der Waals surface area contributed by atoms with Crippen LogP contribution in [0.3, 0.4) is 0 Å². The quantitative estimate of drug-likeness (QED) is 0.489. The van der Waals surface area contributed by atoms with Crippen molar-refractivity contribution in [2.45, 2.75) is 25.1 Å². The number of nitrogens with zero attached hydrogens (tertiary/aromatic N) is 1. The summed E-state index contributed by atoms with van der Waals surface area (Å²) in [6.07, 6.45) is -4.37. The van der Waals surface area contributed by atoms with Crippen LogP contribution in [0.15, 0.2) is 18.2 Å². The summed E-state index contributed by atoms with van der Waals surface area (Å²) < 4.78 is 47.6. The van der Waals surface area contributed by atoms with Crippen LogP contribution in [0, 0.1) is 10.1 Å². The number of rotatable bonds is 5. The fraction of sp³-hybridized carbons (Fsp3) is 0.429. The number of amides is 1. The van der Waals surface area contributed by atoms with E-state index in [9.17, 15) is 32.9 Å². The summed E-state index contributed by atoms with van der Waals surface area (Å²) in [6.45, 7) is -0.333. The van der Waals surface area contributed by atoms with Gasteiger partial charge in [-0.05, 0) is 25.0 Å². The molecule has 136 valence electrons. The number of hydrogen-bond acceptors (Lipinski definition) is 6. The molecule has 0 radical (unpaired) electrons. The van der Waals surface area contributed by atoms with Gasteiger partial charge >= 0.3 is 12.1 Å². The number of esters is 1. The number of carbonyl (C=O) groups excluding carboxylic acids is 2. The molecule has 1 aliphatic rings. The van der Waals surface area contributed by atoms with Crippen LogP contribution in [-0.4, -0.2) is 36.1 Å². The van der Waals surface area contributed by atoms with Crippen LogP contribution >= 0.6 is 0 Å². The van der Waals surface area contributed by atoms with Gasteiger partial charge in [-0.25, -0.2) is 4.79 Å². The molecule has 1 aromatic carbocycles. The summed E-state index contributed by atoms with van der Waals surface area (Å²) in [5.74, 6) is -1.66. The highest BCUT2D eigenvalue weighted by Crippen LogP contribution is 2.34. The van der Waals surface area contributed by atoms with Crippen LogP contribution < -0.4 is 5.32 Å². The van der Waals surface area contributed by atoms with Crippen molar-refractivity contribution in [2.24, 2.45) is 0 Å². The fourth-order valence-electron chi connectivity index (χ4n) is 2.14. The molecule has 1 saturated heterocycles. The summed E-state index contributed by atoms with van der Waals surface area (Å²) in [5.41, 5.74) is -2.58. The van der Waals surface area contributed by atoms with E-state index in [2.05, 4.69) is 5.32 Å². The van der Waals surface area contributed by atoms with Gasteiger partial charge in [0.25, 0.3) is 11.6 Å². The molecule has 8 nitrogen and oxygen atoms in total. The maximum atomic E-state index is 12.6. The Hall–Kier alpha value is -2.69. The lowest BCUT2D eigenvalue weighted by atomic mass is 10.1. The van der Waals surface area contributed by atoms with Crippen LogP contribution in [0.2, 0.25) is 0 Å². The van der Waals surface area contributed by atoms with Crippen molar-refractivity contribution in [2.75, 3.05) is 18.5 Å². The van der Waals surface area contributed by atoms with E-state index in [1.54, 1.807) is 0 Å². The summed E-state index contributed by atoms with van der Waals surface area (Å²) in [6, 6.07) is 1.68. The van der Waals surface area contributed by atoms with Gasteiger partial charge in [0.15, 0.2) is 12.7 Å². The molecule has 2 rings (SSSR count). The number of hydrogen-bond donors (Lipinski definition) is 1. The smallest absolute Gasteiger partial charge is 0.416 e. The first-order chi connectivity index (χ1) is 11.7. The zero-order valence-electron chi connectivity index (χ0n) is 12.7. The van der Waals surface area contributed by atoms with Gasteiger partial charge in [-0.3, -0.25) is 14.9 Å². The highest BCUT2D eigenvalue weighted by molar-refractivity contribution is 5.95. The summed E-state index contributed by atoms with van der Waals surface area (Å²) in [4.78, 5) is 33.1. The van der Waals surface area contributed by atoms with Crippen molar-refractivity contribution in [1.29, 1.82) is 0 Å². The zero-order valence-corrected chi connectivity index (χ0v) is 12.7. The van der Waals surface area contributed by atoms with E-state index in [1.807, 2.05) is 0 Å². The molecule has 0 aliphatic carbocycles. The predicted octanol–water partition coefficient (Wildman–Crippen LogP) is 2.27. The number of halogens is 3. The van der Waals surface area contributed by atoms with Crippen LogP contribution in [0.4, 0.5) is 24.5 Å². The number of carbonyl (C=O) groups is 2. The second-order valence-corrected chi connectivity index (χ2v) is 5.14. The third-order valence-corrected chi connectivity index (χ3v) is 3.33. The molecule has 1 amide bonds. The Balaban J connectivity index is 2.02. The van der Waals surface area contributed by atoms with Gasteiger partial charge in [0.05, 0.1) is 10.5 Å². The average Bonchev–Trinajstić information content (AvgIpc) is 3.06. The van der Waals surface area contributed by atoms with Gasteiger partial charge in [-0.1, -0.05) is 0 Å². The lowest BCUT2D eigenvalue weighted by Gasteiger charge is -2.11. The second-order valence-electron chi connectivity index (χ2n) is 5.14. The molecule has 11 heteroatoms. The van der Waals surface area contributed by atoms with Gasteiger partial charge in [0.2, 0.25) is 0 Å². The minimum absolute atomic E-state index is 0.313. The summed E-state index contributed by atoms with van der Waals surface area (Å²) in [7, 11) is 0. The third kappa shape index (κ3) is 4.89. The molecule has 0 bridgehead atoms.